The zero-order valence-corrected chi connectivity index (χ0v) is 14.5. The van der Waals surface area contributed by atoms with Crippen LogP contribution in [0.3, 0.4) is 0 Å². The van der Waals surface area contributed by atoms with E-state index in [1.807, 2.05) is 12.3 Å². The number of hydrogen-bond acceptors (Lipinski definition) is 3. The van der Waals surface area contributed by atoms with E-state index in [1.165, 1.54) is 50.9 Å². The summed E-state index contributed by atoms with van der Waals surface area (Å²) in [5.74, 6) is 0.980. The highest BCUT2D eigenvalue weighted by Crippen LogP contribution is 2.28. The van der Waals surface area contributed by atoms with Gasteiger partial charge in [-0.25, -0.2) is 0 Å². The number of likely N-dealkylation sites (tertiary alicyclic amines) is 1. The Kier molecular flexibility index (Phi) is 8.28. The van der Waals surface area contributed by atoms with E-state index in [-0.39, 0.29) is 24.8 Å². The van der Waals surface area contributed by atoms with Crippen molar-refractivity contribution in [2.24, 2.45) is 5.92 Å². The summed E-state index contributed by atoms with van der Waals surface area (Å²) in [5.41, 5.74) is 1.20. The Hall–Kier alpha value is -0.0600. The summed E-state index contributed by atoms with van der Waals surface area (Å²) in [6, 6.07) is 2.75. The van der Waals surface area contributed by atoms with Gasteiger partial charge in [0.2, 0.25) is 0 Å². The van der Waals surface area contributed by atoms with Crippen molar-refractivity contribution in [3.8, 4) is 0 Å². The highest BCUT2D eigenvalue weighted by Gasteiger charge is 2.24. The molecule has 0 amide bonds. The van der Waals surface area contributed by atoms with E-state index in [9.17, 15) is 0 Å². The maximum atomic E-state index is 6.16. The average Bonchev–Trinajstić information content (AvgIpc) is 3.25. The van der Waals surface area contributed by atoms with Crippen LogP contribution in [0.2, 0.25) is 5.02 Å². The first kappa shape index (κ1) is 19.0. The highest BCUT2D eigenvalue weighted by atomic mass is 35.5. The molecule has 1 aromatic heterocycles. The Labute approximate surface area is 144 Å². The van der Waals surface area contributed by atoms with Gasteiger partial charge in [0.25, 0.3) is 0 Å². The van der Waals surface area contributed by atoms with Gasteiger partial charge in [-0.1, -0.05) is 11.6 Å². The molecule has 120 valence electrons. The van der Waals surface area contributed by atoms with E-state index < -0.39 is 0 Å². The fourth-order valence-electron chi connectivity index (χ4n) is 2.72. The van der Waals surface area contributed by atoms with Crippen molar-refractivity contribution < 1.29 is 0 Å². The van der Waals surface area contributed by atoms with Crippen LogP contribution in [-0.4, -0.2) is 35.6 Å². The van der Waals surface area contributed by atoms with E-state index in [2.05, 4.69) is 15.2 Å². The average molecular weight is 353 g/mol. The summed E-state index contributed by atoms with van der Waals surface area (Å²) in [4.78, 5) is 6.53. The largest absolute Gasteiger partial charge is 0.314 e. The fraction of sp³-hybridized carbons (Fsp3) is 0.667. The Morgan fingerprint density at radius 2 is 1.90 bits per heavy atom. The summed E-state index contributed by atoms with van der Waals surface area (Å²) >= 11 is 6.16. The number of nitrogens with one attached hydrogen (secondary N) is 1. The second-order valence-corrected chi connectivity index (χ2v) is 6.28. The third-order valence-electron chi connectivity index (χ3n) is 4.23. The smallest absolute Gasteiger partial charge is 0.0634 e. The van der Waals surface area contributed by atoms with E-state index in [4.69, 9.17) is 11.6 Å². The van der Waals surface area contributed by atoms with Crippen LogP contribution in [0.1, 0.15) is 31.2 Å². The van der Waals surface area contributed by atoms with Gasteiger partial charge < -0.3 is 5.32 Å². The third-order valence-corrected chi connectivity index (χ3v) is 4.57. The molecule has 0 aromatic carbocycles. The van der Waals surface area contributed by atoms with Gasteiger partial charge >= 0.3 is 0 Å². The summed E-state index contributed by atoms with van der Waals surface area (Å²) in [5, 5.41) is 4.51. The molecule has 3 nitrogen and oxygen atoms in total. The number of aromatic nitrogens is 1. The van der Waals surface area contributed by atoms with Gasteiger partial charge in [-0.2, -0.15) is 0 Å². The summed E-state index contributed by atoms with van der Waals surface area (Å²) < 4.78 is 0. The molecule has 2 aliphatic rings. The number of hydrogen-bond donors (Lipinski definition) is 1. The van der Waals surface area contributed by atoms with Crippen LogP contribution in [0.25, 0.3) is 0 Å². The molecular formula is C15H24Cl3N3. The molecule has 21 heavy (non-hydrogen) atoms. The van der Waals surface area contributed by atoms with Crippen LogP contribution >= 0.6 is 36.4 Å². The molecule has 0 bridgehead atoms. The molecule has 0 radical (unpaired) electrons. The minimum absolute atomic E-state index is 0. The van der Waals surface area contributed by atoms with Crippen LogP contribution < -0.4 is 5.32 Å². The molecule has 2 heterocycles. The fourth-order valence-corrected chi connectivity index (χ4v) is 2.90. The van der Waals surface area contributed by atoms with Crippen molar-refractivity contribution in [2.75, 3.05) is 19.6 Å². The van der Waals surface area contributed by atoms with Crippen molar-refractivity contribution in [3.63, 3.8) is 0 Å². The molecule has 1 aromatic rings. The van der Waals surface area contributed by atoms with Crippen molar-refractivity contribution in [1.82, 2.24) is 15.2 Å². The summed E-state index contributed by atoms with van der Waals surface area (Å²) in [7, 11) is 0. The first-order chi connectivity index (χ1) is 9.31. The van der Waals surface area contributed by atoms with Gasteiger partial charge in [-0.05, 0) is 62.9 Å². The molecule has 0 spiro atoms. The zero-order valence-electron chi connectivity index (χ0n) is 12.1. The number of rotatable bonds is 5. The summed E-state index contributed by atoms with van der Waals surface area (Å²) in [6.07, 6.45) is 8.95. The molecular weight excluding hydrogens is 329 g/mol. The SMILES string of the molecule is Cl.Cl.Clc1cnccc1CN1CCC(NCC2CC2)CC1. The Bertz CT molecular complexity index is 418. The lowest BCUT2D eigenvalue weighted by Crippen LogP contribution is -2.42. The molecule has 1 saturated carbocycles. The maximum absolute atomic E-state index is 6.16. The Morgan fingerprint density at radius 3 is 2.52 bits per heavy atom. The highest BCUT2D eigenvalue weighted by molar-refractivity contribution is 6.31. The monoisotopic (exact) mass is 351 g/mol. The molecule has 3 rings (SSSR count). The molecule has 0 unspecified atom stereocenters. The quantitative estimate of drug-likeness (QED) is 0.878. The minimum Gasteiger partial charge on any atom is -0.314 e. The lowest BCUT2D eigenvalue weighted by molar-refractivity contribution is 0.190. The van der Waals surface area contributed by atoms with E-state index in [0.29, 0.717) is 0 Å². The van der Waals surface area contributed by atoms with Crippen LogP contribution in [0.5, 0.6) is 0 Å². The third kappa shape index (κ3) is 5.91. The first-order valence-corrected chi connectivity index (χ1v) is 7.73. The molecule has 6 heteroatoms. The van der Waals surface area contributed by atoms with Crippen molar-refractivity contribution >= 4 is 36.4 Å². The number of nitrogens with zero attached hydrogens (tertiary/aromatic N) is 2. The standard InChI is InChI=1S/C15H22ClN3.2ClH/c16-15-10-17-6-3-13(15)11-19-7-4-14(5-8-19)18-9-12-1-2-12;;/h3,6,10,12,14,18H,1-2,4-5,7-9,11H2;2*1H. The molecule has 1 saturated heterocycles. The van der Waals surface area contributed by atoms with Crippen molar-refractivity contribution in [3.05, 3.63) is 29.0 Å². The van der Waals surface area contributed by atoms with Crippen LogP contribution in [0.4, 0.5) is 0 Å². The predicted octanol–water partition coefficient (Wildman–Crippen LogP) is 3.54. The van der Waals surface area contributed by atoms with Gasteiger partial charge in [0.1, 0.15) is 0 Å². The van der Waals surface area contributed by atoms with Gasteiger partial charge in [0.05, 0.1) is 5.02 Å². The number of halogens is 3. The minimum atomic E-state index is 0. The molecule has 1 N–H and O–H groups in total. The van der Waals surface area contributed by atoms with Crippen LogP contribution in [-0.2, 0) is 6.54 Å². The van der Waals surface area contributed by atoms with Gasteiger partial charge in [0.15, 0.2) is 0 Å². The van der Waals surface area contributed by atoms with Gasteiger partial charge in [-0.15, -0.1) is 24.8 Å². The lowest BCUT2D eigenvalue weighted by Gasteiger charge is -2.32. The van der Waals surface area contributed by atoms with Crippen molar-refractivity contribution in [1.29, 1.82) is 0 Å². The second-order valence-electron chi connectivity index (χ2n) is 5.87. The molecule has 1 aliphatic carbocycles. The normalized spacial score (nSPS) is 19.7. The van der Waals surface area contributed by atoms with E-state index in [1.54, 1.807) is 6.20 Å². The molecule has 1 aliphatic heterocycles. The second kappa shape index (κ2) is 9.16. The van der Waals surface area contributed by atoms with E-state index >= 15 is 0 Å². The topological polar surface area (TPSA) is 28.2 Å². The Balaban J connectivity index is 0.00000110. The van der Waals surface area contributed by atoms with Gasteiger partial charge in [0, 0.05) is 25.0 Å². The van der Waals surface area contributed by atoms with Crippen LogP contribution in [0.15, 0.2) is 18.5 Å². The van der Waals surface area contributed by atoms with Gasteiger partial charge in [-0.3, -0.25) is 9.88 Å². The first-order valence-electron chi connectivity index (χ1n) is 7.35. The maximum Gasteiger partial charge on any atom is 0.0634 e. The number of piperidine rings is 1. The lowest BCUT2D eigenvalue weighted by atomic mass is 10.0. The molecule has 0 atom stereocenters. The molecule has 2 fully saturated rings. The van der Waals surface area contributed by atoms with E-state index in [0.717, 1.165) is 23.5 Å². The predicted molar refractivity (Wildman–Crippen MR) is 92.8 cm³/mol. The Morgan fingerprint density at radius 1 is 1.19 bits per heavy atom. The summed E-state index contributed by atoms with van der Waals surface area (Å²) in [6.45, 7) is 4.53. The zero-order chi connectivity index (χ0) is 13.1. The van der Waals surface area contributed by atoms with Crippen LogP contribution in [0, 0.1) is 5.92 Å². The number of pyridine rings is 1. The van der Waals surface area contributed by atoms with Crippen molar-refractivity contribution in [2.45, 2.75) is 38.3 Å².